The third kappa shape index (κ3) is 4.33. The number of carboxylic acids is 1. The third-order valence-electron chi connectivity index (χ3n) is 3.21. The van der Waals surface area contributed by atoms with Gasteiger partial charge in [-0.05, 0) is 35.4 Å². The molecule has 6 nitrogen and oxygen atoms in total. The number of carboxylic acid groups (broad SMARTS) is 1. The molecule has 3 rings (SSSR count). The molecule has 2 N–H and O–H groups in total. The van der Waals surface area contributed by atoms with Crippen LogP contribution in [-0.2, 0) is 0 Å². The van der Waals surface area contributed by atoms with Gasteiger partial charge in [-0.15, -0.1) is 23.4 Å². The lowest BCUT2D eigenvalue weighted by atomic mass is 10.1. The number of benzene rings is 2. The van der Waals surface area contributed by atoms with Crippen molar-refractivity contribution in [2.24, 2.45) is 0 Å². The number of halogens is 3. The number of aromatic carboxylic acids is 1. The topological polar surface area (TPSA) is 88.1 Å². The smallest absolute Gasteiger partial charge is 0.476 e. The number of alkyl halides is 3. The van der Waals surface area contributed by atoms with Crippen LogP contribution < -0.4 is 4.74 Å². The highest BCUT2D eigenvalue weighted by atomic mass is 32.2. The molecule has 2 aromatic carbocycles. The van der Waals surface area contributed by atoms with E-state index in [0.717, 1.165) is 22.2 Å². The summed E-state index contributed by atoms with van der Waals surface area (Å²) >= 11 is 1.13. The summed E-state index contributed by atoms with van der Waals surface area (Å²) in [6, 6.07) is 12.5. The highest BCUT2D eigenvalue weighted by Gasteiger charge is 2.30. The number of nitrogens with one attached hydrogen (secondary N) is 1. The van der Waals surface area contributed by atoms with Crippen molar-refractivity contribution in [3.63, 3.8) is 0 Å². The Morgan fingerprint density at radius 1 is 1.00 bits per heavy atom. The monoisotopic (exact) mass is 381 g/mol. The first-order valence-corrected chi connectivity index (χ1v) is 7.91. The van der Waals surface area contributed by atoms with Gasteiger partial charge in [0.1, 0.15) is 5.75 Å². The normalized spacial score (nSPS) is 11.3. The van der Waals surface area contributed by atoms with Crippen molar-refractivity contribution in [2.45, 2.75) is 16.3 Å². The summed E-state index contributed by atoms with van der Waals surface area (Å²) in [4.78, 5) is 11.7. The average Bonchev–Trinajstić information content (AvgIpc) is 3.03. The first kappa shape index (κ1) is 17.8. The number of hydrogen-bond donors (Lipinski definition) is 2. The van der Waals surface area contributed by atoms with Crippen LogP contribution in [0.2, 0.25) is 0 Å². The Balaban J connectivity index is 1.73. The van der Waals surface area contributed by atoms with Crippen LogP contribution in [0.15, 0.2) is 58.5 Å². The van der Waals surface area contributed by atoms with E-state index in [9.17, 15) is 18.0 Å². The Kier molecular flexibility index (Phi) is 4.85. The Labute approximate surface area is 149 Å². The molecule has 0 saturated heterocycles. The zero-order valence-electron chi connectivity index (χ0n) is 12.8. The molecule has 26 heavy (non-hydrogen) atoms. The van der Waals surface area contributed by atoms with E-state index in [-0.39, 0.29) is 16.5 Å². The summed E-state index contributed by atoms with van der Waals surface area (Å²) in [5.41, 5.74) is 1.33. The molecule has 0 bridgehead atoms. The summed E-state index contributed by atoms with van der Waals surface area (Å²) in [5.74, 6) is -1.47. The number of aromatic nitrogens is 3. The lowest BCUT2D eigenvalue weighted by molar-refractivity contribution is -0.274. The first-order valence-electron chi connectivity index (χ1n) is 7.10. The summed E-state index contributed by atoms with van der Waals surface area (Å²) in [5, 5.41) is 18.9. The van der Waals surface area contributed by atoms with Gasteiger partial charge in [0.15, 0.2) is 5.03 Å². The van der Waals surface area contributed by atoms with E-state index in [2.05, 4.69) is 20.1 Å². The summed E-state index contributed by atoms with van der Waals surface area (Å²) in [6.45, 7) is 0. The lowest BCUT2D eigenvalue weighted by Crippen LogP contribution is -2.16. The van der Waals surface area contributed by atoms with Crippen molar-refractivity contribution >= 4 is 17.7 Å². The molecule has 0 aliphatic rings. The van der Waals surface area contributed by atoms with Crippen molar-refractivity contribution in [3.8, 4) is 16.9 Å². The third-order valence-corrected chi connectivity index (χ3v) is 4.19. The summed E-state index contributed by atoms with van der Waals surface area (Å²) < 4.78 is 40.3. The quantitative estimate of drug-likeness (QED) is 0.688. The van der Waals surface area contributed by atoms with Gasteiger partial charge in [0, 0.05) is 4.90 Å². The van der Waals surface area contributed by atoms with Gasteiger partial charge < -0.3 is 9.84 Å². The SMILES string of the molecule is O=C(O)c1n[nH]nc1Sc1ccc(-c2ccc(OC(F)(F)F)cc2)cc1. The maximum Gasteiger partial charge on any atom is 0.573 e. The van der Waals surface area contributed by atoms with Crippen LogP contribution in [0.1, 0.15) is 10.5 Å². The second-order valence-electron chi connectivity index (χ2n) is 4.98. The van der Waals surface area contributed by atoms with Crippen LogP contribution in [0.4, 0.5) is 13.2 Å². The van der Waals surface area contributed by atoms with Crippen molar-refractivity contribution in [2.75, 3.05) is 0 Å². The number of rotatable bonds is 5. The molecule has 1 heterocycles. The number of ether oxygens (including phenoxy) is 1. The standard InChI is InChI=1S/C16H10F3N3O3S/c17-16(18,19)25-11-5-1-9(2-6-11)10-3-7-12(8-4-10)26-14-13(15(23)24)20-22-21-14/h1-8H,(H,23,24)(H,20,21,22). The fourth-order valence-corrected chi connectivity index (χ4v) is 2.92. The molecule has 0 fully saturated rings. The van der Waals surface area contributed by atoms with Crippen molar-refractivity contribution in [1.29, 1.82) is 0 Å². The van der Waals surface area contributed by atoms with Gasteiger partial charge in [-0.2, -0.15) is 5.21 Å². The summed E-state index contributed by atoms with van der Waals surface area (Å²) in [6.07, 6.45) is -4.73. The number of carbonyl (C=O) groups is 1. The molecule has 0 saturated carbocycles. The predicted molar refractivity (Wildman–Crippen MR) is 86.0 cm³/mol. The maximum atomic E-state index is 12.2. The predicted octanol–water partition coefficient (Wildman–Crippen LogP) is 4.22. The van der Waals surface area contributed by atoms with Crippen LogP contribution in [0.5, 0.6) is 5.75 Å². The van der Waals surface area contributed by atoms with E-state index in [0.29, 0.717) is 5.56 Å². The molecule has 0 spiro atoms. The van der Waals surface area contributed by atoms with Crippen molar-refractivity contribution in [3.05, 3.63) is 54.2 Å². The van der Waals surface area contributed by atoms with Gasteiger partial charge in [-0.25, -0.2) is 4.79 Å². The number of aromatic amines is 1. The Bertz CT molecular complexity index is 909. The van der Waals surface area contributed by atoms with Crippen LogP contribution in [0.25, 0.3) is 11.1 Å². The minimum atomic E-state index is -4.73. The molecule has 0 radical (unpaired) electrons. The molecule has 1 aromatic heterocycles. The molecule has 3 aromatic rings. The highest BCUT2D eigenvalue weighted by molar-refractivity contribution is 7.99. The van der Waals surface area contributed by atoms with Gasteiger partial charge in [-0.3, -0.25) is 0 Å². The van der Waals surface area contributed by atoms with Crippen LogP contribution >= 0.6 is 11.8 Å². The second-order valence-corrected chi connectivity index (χ2v) is 6.04. The lowest BCUT2D eigenvalue weighted by Gasteiger charge is -2.09. The second kappa shape index (κ2) is 7.08. The molecule has 134 valence electrons. The van der Waals surface area contributed by atoms with E-state index in [4.69, 9.17) is 5.11 Å². The first-order chi connectivity index (χ1) is 12.3. The molecule has 0 amide bonds. The molecule has 0 aliphatic heterocycles. The van der Waals surface area contributed by atoms with Crippen LogP contribution in [-0.4, -0.2) is 32.8 Å². The van der Waals surface area contributed by atoms with E-state index >= 15 is 0 Å². The Hall–Kier alpha value is -3.01. The van der Waals surface area contributed by atoms with E-state index < -0.39 is 12.3 Å². The van der Waals surface area contributed by atoms with Gasteiger partial charge >= 0.3 is 12.3 Å². The van der Waals surface area contributed by atoms with Gasteiger partial charge in [0.25, 0.3) is 0 Å². The zero-order chi connectivity index (χ0) is 18.7. The molecular weight excluding hydrogens is 371 g/mol. The molecule has 0 unspecified atom stereocenters. The van der Waals surface area contributed by atoms with Crippen molar-refractivity contribution < 1.29 is 27.8 Å². The highest BCUT2D eigenvalue weighted by Crippen LogP contribution is 2.31. The molecule has 10 heteroatoms. The van der Waals surface area contributed by atoms with Crippen LogP contribution in [0, 0.1) is 0 Å². The van der Waals surface area contributed by atoms with Crippen molar-refractivity contribution in [1.82, 2.24) is 15.4 Å². The van der Waals surface area contributed by atoms with Gasteiger partial charge in [0.05, 0.1) is 0 Å². The number of nitrogens with zero attached hydrogens (tertiary/aromatic N) is 2. The molecule has 0 aliphatic carbocycles. The number of H-pyrrole nitrogens is 1. The molecular formula is C16H10F3N3O3S. The minimum Gasteiger partial charge on any atom is -0.476 e. The minimum absolute atomic E-state index is 0.167. The van der Waals surface area contributed by atoms with E-state index in [1.165, 1.54) is 24.3 Å². The average molecular weight is 381 g/mol. The largest absolute Gasteiger partial charge is 0.573 e. The van der Waals surface area contributed by atoms with Gasteiger partial charge in [0.2, 0.25) is 5.69 Å². The summed E-state index contributed by atoms with van der Waals surface area (Å²) in [7, 11) is 0. The fraction of sp³-hybridized carbons (Fsp3) is 0.0625. The number of hydrogen-bond acceptors (Lipinski definition) is 5. The fourth-order valence-electron chi connectivity index (χ4n) is 2.11. The zero-order valence-corrected chi connectivity index (χ0v) is 13.6. The molecule has 0 atom stereocenters. The van der Waals surface area contributed by atoms with Gasteiger partial charge in [-0.1, -0.05) is 36.0 Å². The maximum absolute atomic E-state index is 12.2. The van der Waals surface area contributed by atoms with Crippen LogP contribution in [0.3, 0.4) is 0 Å². The Morgan fingerprint density at radius 2 is 1.58 bits per heavy atom. The Morgan fingerprint density at radius 3 is 2.12 bits per heavy atom. The van der Waals surface area contributed by atoms with E-state index in [1.807, 2.05) is 0 Å². The van der Waals surface area contributed by atoms with E-state index in [1.54, 1.807) is 24.3 Å².